The van der Waals surface area contributed by atoms with E-state index in [1.54, 1.807) is 0 Å². The Morgan fingerprint density at radius 2 is 1.95 bits per heavy atom. The smallest absolute Gasteiger partial charge is 0.227 e. The number of carbonyl (C=O) groups is 1. The molecule has 1 fully saturated rings. The molecule has 1 heterocycles. The van der Waals surface area contributed by atoms with Crippen LogP contribution >= 0.6 is 0 Å². The summed E-state index contributed by atoms with van der Waals surface area (Å²) in [6.07, 6.45) is 9.39. The number of amides is 1. The Bertz CT molecular complexity index is 476. The number of fused-ring (bicyclic) bond motifs is 1. The van der Waals surface area contributed by atoms with Crippen molar-refractivity contribution in [2.45, 2.75) is 64.3 Å². The summed E-state index contributed by atoms with van der Waals surface area (Å²) >= 11 is 0. The highest BCUT2D eigenvalue weighted by atomic mass is 16.2. The number of hydrogen-bond acceptors (Lipinski definition) is 1. The van der Waals surface area contributed by atoms with Crippen molar-refractivity contribution in [2.75, 3.05) is 4.90 Å². The lowest BCUT2D eigenvalue weighted by molar-refractivity contribution is -0.119. The van der Waals surface area contributed by atoms with E-state index in [-0.39, 0.29) is 0 Å². The molecule has 20 heavy (non-hydrogen) atoms. The molecule has 1 aliphatic carbocycles. The minimum Gasteiger partial charge on any atom is -0.309 e. The summed E-state index contributed by atoms with van der Waals surface area (Å²) in [6.45, 7) is 2.18. The first-order valence-corrected chi connectivity index (χ1v) is 8.15. The van der Waals surface area contributed by atoms with Crippen molar-refractivity contribution in [1.29, 1.82) is 0 Å². The fourth-order valence-electron chi connectivity index (χ4n) is 3.82. The molecule has 1 aliphatic heterocycles. The SMILES string of the molecule is CC1CCc2ccccc2N1C(=O)CCC1CCCC1. The van der Waals surface area contributed by atoms with E-state index >= 15 is 0 Å². The van der Waals surface area contributed by atoms with Crippen molar-refractivity contribution in [3.8, 4) is 0 Å². The van der Waals surface area contributed by atoms with Crippen LogP contribution in [0.25, 0.3) is 0 Å². The van der Waals surface area contributed by atoms with Crippen molar-refractivity contribution in [3.05, 3.63) is 29.8 Å². The van der Waals surface area contributed by atoms with Crippen molar-refractivity contribution in [1.82, 2.24) is 0 Å². The molecule has 1 amide bonds. The fourth-order valence-corrected chi connectivity index (χ4v) is 3.82. The Morgan fingerprint density at radius 1 is 1.20 bits per heavy atom. The minimum atomic E-state index is 0.330. The number of hydrogen-bond donors (Lipinski definition) is 0. The predicted molar refractivity (Wildman–Crippen MR) is 82.9 cm³/mol. The van der Waals surface area contributed by atoms with Gasteiger partial charge in [-0.15, -0.1) is 0 Å². The summed E-state index contributed by atoms with van der Waals surface area (Å²) in [4.78, 5) is 14.7. The first-order valence-electron chi connectivity index (χ1n) is 8.15. The van der Waals surface area contributed by atoms with E-state index in [1.165, 1.54) is 31.2 Å². The first kappa shape index (κ1) is 13.7. The zero-order chi connectivity index (χ0) is 13.9. The molecule has 1 unspecified atom stereocenters. The summed E-state index contributed by atoms with van der Waals surface area (Å²) in [6, 6.07) is 8.75. The molecule has 0 N–H and O–H groups in total. The molecule has 1 saturated carbocycles. The van der Waals surface area contributed by atoms with E-state index in [4.69, 9.17) is 0 Å². The van der Waals surface area contributed by atoms with E-state index in [0.717, 1.165) is 37.3 Å². The third kappa shape index (κ3) is 2.74. The Morgan fingerprint density at radius 3 is 2.75 bits per heavy atom. The van der Waals surface area contributed by atoms with Crippen LogP contribution in [0.4, 0.5) is 5.69 Å². The lowest BCUT2D eigenvalue weighted by Gasteiger charge is -2.35. The third-order valence-electron chi connectivity index (χ3n) is 5.03. The molecule has 2 aliphatic rings. The Balaban J connectivity index is 1.69. The topological polar surface area (TPSA) is 20.3 Å². The van der Waals surface area contributed by atoms with Crippen molar-refractivity contribution in [2.24, 2.45) is 5.92 Å². The molecule has 1 aromatic carbocycles. The summed E-state index contributed by atoms with van der Waals surface area (Å²) in [5.74, 6) is 1.13. The maximum Gasteiger partial charge on any atom is 0.227 e. The van der Waals surface area contributed by atoms with Gasteiger partial charge in [-0.3, -0.25) is 4.79 Å². The molecule has 0 bridgehead atoms. The highest BCUT2D eigenvalue weighted by molar-refractivity contribution is 5.95. The second kappa shape index (κ2) is 5.99. The second-order valence-electron chi connectivity index (χ2n) is 6.47. The van der Waals surface area contributed by atoms with Crippen LogP contribution in [-0.4, -0.2) is 11.9 Å². The quantitative estimate of drug-likeness (QED) is 0.801. The second-order valence-corrected chi connectivity index (χ2v) is 6.47. The minimum absolute atomic E-state index is 0.330. The van der Waals surface area contributed by atoms with Crippen molar-refractivity contribution >= 4 is 11.6 Å². The van der Waals surface area contributed by atoms with Gasteiger partial charge in [0.25, 0.3) is 0 Å². The normalized spacial score (nSPS) is 22.9. The summed E-state index contributed by atoms with van der Waals surface area (Å²) in [5, 5.41) is 0. The molecular weight excluding hydrogens is 246 g/mol. The lowest BCUT2D eigenvalue weighted by atomic mass is 9.95. The van der Waals surface area contributed by atoms with Crippen LogP contribution in [0.5, 0.6) is 0 Å². The molecule has 1 atom stereocenters. The van der Waals surface area contributed by atoms with Crippen LogP contribution < -0.4 is 4.90 Å². The standard InChI is InChI=1S/C18H25NO/c1-14-10-12-16-8-4-5-9-17(16)19(14)18(20)13-11-15-6-2-3-7-15/h4-5,8-9,14-15H,2-3,6-7,10-13H2,1H3. The molecule has 2 heteroatoms. The van der Waals surface area contributed by atoms with Crippen LogP contribution in [0.2, 0.25) is 0 Å². The summed E-state index contributed by atoms with van der Waals surface area (Å²) in [5.41, 5.74) is 2.49. The van der Waals surface area contributed by atoms with Crippen LogP contribution in [-0.2, 0) is 11.2 Å². The number of rotatable bonds is 3. The fraction of sp³-hybridized carbons (Fsp3) is 0.611. The molecule has 0 saturated heterocycles. The van der Waals surface area contributed by atoms with Gasteiger partial charge in [0.15, 0.2) is 0 Å². The van der Waals surface area contributed by atoms with E-state index in [1.807, 2.05) is 6.07 Å². The van der Waals surface area contributed by atoms with E-state index in [2.05, 4.69) is 30.0 Å². The van der Waals surface area contributed by atoms with Gasteiger partial charge >= 0.3 is 0 Å². The number of aryl methyl sites for hydroxylation is 1. The summed E-state index contributed by atoms with van der Waals surface area (Å²) in [7, 11) is 0. The molecule has 0 radical (unpaired) electrons. The van der Waals surface area contributed by atoms with E-state index in [9.17, 15) is 4.79 Å². The highest BCUT2D eigenvalue weighted by Crippen LogP contribution is 2.33. The van der Waals surface area contributed by atoms with Gasteiger partial charge in [0, 0.05) is 18.2 Å². The number of carbonyl (C=O) groups excluding carboxylic acids is 1. The van der Waals surface area contributed by atoms with Crippen LogP contribution in [0, 0.1) is 5.92 Å². The maximum atomic E-state index is 12.7. The van der Waals surface area contributed by atoms with Crippen molar-refractivity contribution < 1.29 is 4.79 Å². The number of benzene rings is 1. The maximum absolute atomic E-state index is 12.7. The van der Waals surface area contributed by atoms with E-state index in [0.29, 0.717) is 11.9 Å². The first-order chi connectivity index (χ1) is 9.75. The molecule has 0 aromatic heterocycles. The van der Waals surface area contributed by atoms with Gasteiger partial charge in [-0.1, -0.05) is 43.9 Å². The van der Waals surface area contributed by atoms with Gasteiger partial charge in [-0.2, -0.15) is 0 Å². The molecule has 1 aromatic rings. The number of para-hydroxylation sites is 1. The van der Waals surface area contributed by atoms with Crippen LogP contribution in [0.15, 0.2) is 24.3 Å². The van der Waals surface area contributed by atoms with E-state index < -0.39 is 0 Å². The van der Waals surface area contributed by atoms with Gasteiger partial charge in [-0.05, 0) is 43.7 Å². The van der Waals surface area contributed by atoms with Crippen LogP contribution in [0.3, 0.4) is 0 Å². The molecule has 3 rings (SSSR count). The van der Waals surface area contributed by atoms with Gasteiger partial charge in [0.2, 0.25) is 5.91 Å². The average molecular weight is 271 g/mol. The zero-order valence-electron chi connectivity index (χ0n) is 12.5. The Labute approximate surface area is 122 Å². The monoisotopic (exact) mass is 271 g/mol. The lowest BCUT2D eigenvalue weighted by Crippen LogP contribution is -2.42. The molecular formula is C18H25NO. The molecule has 108 valence electrons. The predicted octanol–water partition coefficient (Wildman–Crippen LogP) is 4.32. The van der Waals surface area contributed by atoms with Gasteiger partial charge < -0.3 is 4.90 Å². The average Bonchev–Trinajstić information content (AvgIpc) is 2.98. The zero-order valence-corrected chi connectivity index (χ0v) is 12.5. The van der Waals surface area contributed by atoms with Gasteiger partial charge in [0.1, 0.15) is 0 Å². The Kier molecular flexibility index (Phi) is 4.09. The third-order valence-corrected chi connectivity index (χ3v) is 5.03. The van der Waals surface area contributed by atoms with Crippen LogP contribution in [0.1, 0.15) is 57.4 Å². The number of nitrogens with zero attached hydrogens (tertiary/aromatic N) is 1. The highest BCUT2D eigenvalue weighted by Gasteiger charge is 2.28. The summed E-state index contributed by atoms with van der Waals surface area (Å²) < 4.78 is 0. The van der Waals surface area contributed by atoms with Crippen molar-refractivity contribution in [3.63, 3.8) is 0 Å². The largest absolute Gasteiger partial charge is 0.309 e. The van der Waals surface area contributed by atoms with Gasteiger partial charge in [-0.25, -0.2) is 0 Å². The number of anilines is 1. The molecule has 2 nitrogen and oxygen atoms in total. The Hall–Kier alpha value is -1.31. The molecule has 0 spiro atoms. The van der Waals surface area contributed by atoms with Gasteiger partial charge in [0.05, 0.1) is 0 Å².